The standard InChI is InChI=1S/C11H20ClNO2/c1-2-5-9-6-3-4-7-13(9)8-10(12)11(14)15/h9-10H,2-8H2,1H3,(H,14,15). The third-order valence-electron chi connectivity index (χ3n) is 3.03. The third-order valence-corrected chi connectivity index (χ3v) is 3.36. The Hall–Kier alpha value is -0.280. The van der Waals surface area contributed by atoms with Crippen molar-refractivity contribution in [2.45, 2.75) is 50.4 Å². The monoisotopic (exact) mass is 233 g/mol. The number of likely N-dealkylation sites (tertiary alicyclic amines) is 1. The average Bonchev–Trinajstić information content (AvgIpc) is 2.21. The van der Waals surface area contributed by atoms with Gasteiger partial charge in [-0.05, 0) is 25.8 Å². The lowest BCUT2D eigenvalue weighted by molar-refractivity contribution is -0.137. The molecule has 0 aromatic heterocycles. The van der Waals surface area contributed by atoms with E-state index in [-0.39, 0.29) is 0 Å². The van der Waals surface area contributed by atoms with Crippen molar-refractivity contribution in [3.8, 4) is 0 Å². The van der Waals surface area contributed by atoms with E-state index in [9.17, 15) is 4.79 Å². The quantitative estimate of drug-likeness (QED) is 0.741. The molecule has 1 heterocycles. The van der Waals surface area contributed by atoms with Gasteiger partial charge in [0.25, 0.3) is 0 Å². The van der Waals surface area contributed by atoms with Crippen LogP contribution in [-0.2, 0) is 4.79 Å². The van der Waals surface area contributed by atoms with Gasteiger partial charge in [0.15, 0.2) is 0 Å². The van der Waals surface area contributed by atoms with Crippen molar-refractivity contribution in [2.75, 3.05) is 13.1 Å². The van der Waals surface area contributed by atoms with Crippen LogP contribution < -0.4 is 0 Å². The number of alkyl halides is 1. The maximum absolute atomic E-state index is 10.7. The van der Waals surface area contributed by atoms with Crippen molar-refractivity contribution < 1.29 is 9.90 Å². The molecule has 2 unspecified atom stereocenters. The Balaban J connectivity index is 2.45. The van der Waals surface area contributed by atoms with E-state index in [4.69, 9.17) is 16.7 Å². The minimum atomic E-state index is -0.905. The van der Waals surface area contributed by atoms with Crippen molar-refractivity contribution in [1.82, 2.24) is 4.90 Å². The summed E-state index contributed by atoms with van der Waals surface area (Å²) >= 11 is 5.77. The number of aliphatic carboxylic acids is 1. The SMILES string of the molecule is CCCC1CCCCN1CC(Cl)C(=O)O. The van der Waals surface area contributed by atoms with E-state index >= 15 is 0 Å². The lowest BCUT2D eigenvalue weighted by atomic mass is 9.98. The topological polar surface area (TPSA) is 40.5 Å². The Morgan fingerprint density at radius 3 is 2.93 bits per heavy atom. The molecule has 1 aliphatic rings. The molecule has 1 aliphatic heterocycles. The summed E-state index contributed by atoms with van der Waals surface area (Å²) in [5.41, 5.74) is 0. The van der Waals surface area contributed by atoms with Crippen LogP contribution in [0.1, 0.15) is 39.0 Å². The summed E-state index contributed by atoms with van der Waals surface area (Å²) in [5.74, 6) is -0.905. The molecule has 1 rings (SSSR count). The highest BCUT2D eigenvalue weighted by atomic mass is 35.5. The number of nitrogens with zero attached hydrogens (tertiary/aromatic N) is 1. The van der Waals surface area contributed by atoms with Crippen LogP contribution in [0, 0.1) is 0 Å². The van der Waals surface area contributed by atoms with E-state index in [0.29, 0.717) is 12.6 Å². The van der Waals surface area contributed by atoms with Crippen molar-refractivity contribution in [3.63, 3.8) is 0 Å². The van der Waals surface area contributed by atoms with Crippen LogP contribution in [0.2, 0.25) is 0 Å². The van der Waals surface area contributed by atoms with Gasteiger partial charge >= 0.3 is 5.97 Å². The first-order valence-electron chi connectivity index (χ1n) is 5.76. The van der Waals surface area contributed by atoms with Crippen LogP contribution in [0.5, 0.6) is 0 Å². The number of hydrogen-bond donors (Lipinski definition) is 1. The molecule has 88 valence electrons. The Morgan fingerprint density at radius 1 is 1.60 bits per heavy atom. The third kappa shape index (κ3) is 3.99. The molecule has 15 heavy (non-hydrogen) atoms. The van der Waals surface area contributed by atoms with Gasteiger partial charge in [0.05, 0.1) is 0 Å². The van der Waals surface area contributed by atoms with Crippen LogP contribution in [0.15, 0.2) is 0 Å². The highest BCUT2D eigenvalue weighted by Gasteiger charge is 2.25. The molecule has 0 aromatic carbocycles. The summed E-state index contributed by atoms with van der Waals surface area (Å²) in [5, 5.41) is 8.01. The number of carbonyl (C=O) groups is 1. The van der Waals surface area contributed by atoms with Gasteiger partial charge in [-0.1, -0.05) is 19.8 Å². The fourth-order valence-corrected chi connectivity index (χ4v) is 2.42. The van der Waals surface area contributed by atoms with Gasteiger partial charge in [0.2, 0.25) is 0 Å². The van der Waals surface area contributed by atoms with E-state index in [0.717, 1.165) is 19.4 Å². The second kappa shape index (κ2) is 6.33. The molecule has 0 radical (unpaired) electrons. The highest BCUT2D eigenvalue weighted by molar-refractivity contribution is 6.29. The first-order chi connectivity index (χ1) is 7.15. The van der Waals surface area contributed by atoms with Gasteiger partial charge in [-0.2, -0.15) is 0 Å². The van der Waals surface area contributed by atoms with Crippen molar-refractivity contribution in [1.29, 1.82) is 0 Å². The molecule has 2 atom stereocenters. The summed E-state index contributed by atoms with van der Waals surface area (Å²) in [6.45, 7) is 3.66. The van der Waals surface area contributed by atoms with Gasteiger partial charge < -0.3 is 5.11 Å². The van der Waals surface area contributed by atoms with Crippen LogP contribution in [-0.4, -0.2) is 40.5 Å². The fourth-order valence-electron chi connectivity index (χ4n) is 2.24. The molecule has 1 N–H and O–H groups in total. The Morgan fingerprint density at radius 2 is 2.33 bits per heavy atom. The van der Waals surface area contributed by atoms with Crippen LogP contribution >= 0.6 is 11.6 Å². The van der Waals surface area contributed by atoms with Crippen LogP contribution in [0.3, 0.4) is 0 Å². The first-order valence-corrected chi connectivity index (χ1v) is 6.19. The lowest BCUT2D eigenvalue weighted by Gasteiger charge is -2.36. The Bertz CT molecular complexity index is 209. The van der Waals surface area contributed by atoms with E-state index in [1.165, 1.54) is 19.3 Å². The second-order valence-corrected chi connectivity index (χ2v) is 4.77. The Kier molecular flexibility index (Phi) is 5.40. The number of rotatable bonds is 5. The summed E-state index contributed by atoms with van der Waals surface area (Å²) in [6, 6.07) is 0.546. The zero-order valence-corrected chi connectivity index (χ0v) is 10.0. The maximum Gasteiger partial charge on any atom is 0.322 e. The first kappa shape index (κ1) is 12.8. The molecule has 0 bridgehead atoms. The second-order valence-electron chi connectivity index (χ2n) is 4.24. The summed E-state index contributed by atoms with van der Waals surface area (Å²) in [4.78, 5) is 12.9. The van der Waals surface area contributed by atoms with Gasteiger partial charge in [-0.15, -0.1) is 11.6 Å². The molecular weight excluding hydrogens is 214 g/mol. The molecule has 0 aliphatic carbocycles. The van der Waals surface area contributed by atoms with Crippen molar-refractivity contribution in [3.05, 3.63) is 0 Å². The Labute approximate surface area is 96.4 Å². The molecule has 1 fully saturated rings. The number of piperidine rings is 1. The van der Waals surface area contributed by atoms with Crippen molar-refractivity contribution in [2.24, 2.45) is 0 Å². The molecule has 0 saturated carbocycles. The predicted octanol–water partition coefficient (Wildman–Crippen LogP) is 2.33. The van der Waals surface area contributed by atoms with Gasteiger partial charge in [-0.25, -0.2) is 0 Å². The van der Waals surface area contributed by atoms with Gasteiger partial charge in [-0.3, -0.25) is 9.69 Å². The number of hydrogen-bond acceptors (Lipinski definition) is 2. The molecule has 0 spiro atoms. The summed E-state index contributed by atoms with van der Waals surface area (Å²) in [6.07, 6.45) is 5.94. The summed E-state index contributed by atoms with van der Waals surface area (Å²) < 4.78 is 0. The average molecular weight is 234 g/mol. The molecule has 3 nitrogen and oxygen atoms in total. The fraction of sp³-hybridized carbons (Fsp3) is 0.909. The molecule has 4 heteroatoms. The van der Waals surface area contributed by atoms with Crippen LogP contribution in [0.4, 0.5) is 0 Å². The number of carboxylic acids is 1. The normalized spacial score (nSPS) is 25.1. The van der Waals surface area contributed by atoms with E-state index in [2.05, 4.69) is 11.8 Å². The summed E-state index contributed by atoms with van der Waals surface area (Å²) in [7, 11) is 0. The number of carboxylic acid groups (broad SMARTS) is 1. The predicted molar refractivity (Wildman–Crippen MR) is 61.4 cm³/mol. The highest BCUT2D eigenvalue weighted by Crippen LogP contribution is 2.21. The minimum Gasteiger partial charge on any atom is -0.480 e. The van der Waals surface area contributed by atoms with Crippen molar-refractivity contribution >= 4 is 17.6 Å². The van der Waals surface area contributed by atoms with E-state index in [1.54, 1.807) is 0 Å². The number of halogens is 1. The minimum absolute atomic E-state index is 0.488. The lowest BCUT2D eigenvalue weighted by Crippen LogP contribution is -2.44. The molecule has 0 aromatic rings. The van der Waals surface area contributed by atoms with E-state index < -0.39 is 11.3 Å². The zero-order chi connectivity index (χ0) is 11.3. The molecule has 1 saturated heterocycles. The zero-order valence-electron chi connectivity index (χ0n) is 9.29. The molecule has 0 amide bonds. The van der Waals surface area contributed by atoms with Gasteiger partial charge in [0, 0.05) is 12.6 Å². The molecular formula is C11H20ClNO2. The smallest absolute Gasteiger partial charge is 0.322 e. The van der Waals surface area contributed by atoms with E-state index in [1.807, 2.05) is 0 Å². The largest absolute Gasteiger partial charge is 0.480 e. The van der Waals surface area contributed by atoms with Gasteiger partial charge in [0.1, 0.15) is 5.38 Å². The maximum atomic E-state index is 10.7. The van der Waals surface area contributed by atoms with Crippen LogP contribution in [0.25, 0.3) is 0 Å².